The fourth-order valence-corrected chi connectivity index (χ4v) is 1.30. The highest BCUT2D eigenvalue weighted by molar-refractivity contribution is 5.87. The van der Waals surface area contributed by atoms with E-state index < -0.39 is 5.97 Å². The summed E-state index contributed by atoms with van der Waals surface area (Å²) in [6.07, 6.45) is 1.93. The molecule has 0 atom stereocenters. The van der Waals surface area contributed by atoms with Crippen LogP contribution in [0.5, 0.6) is 0 Å². The third-order valence-corrected chi connectivity index (χ3v) is 2.14. The second kappa shape index (κ2) is 6.10. The molecule has 0 fully saturated rings. The maximum Gasteiger partial charge on any atom is 0.357 e. The Morgan fingerprint density at radius 2 is 2.25 bits per heavy atom. The van der Waals surface area contributed by atoms with E-state index >= 15 is 0 Å². The summed E-state index contributed by atoms with van der Waals surface area (Å²) in [5.41, 5.74) is 5.74. The number of rotatable bonds is 5. The van der Waals surface area contributed by atoms with Gasteiger partial charge in [0.1, 0.15) is 5.82 Å². The molecule has 0 aliphatic heterocycles. The fourth-order valence-electron chi connectivity index (χ4n) is 1.30. The second-order valence-corrected chi connectivity index (χ2v) is 4.12. The van der Waals surface area contributed by atoms with Crippen molar-refractivity contribution in [3.63, 3.8) is 0 Å². The number of ether oxygens (including phenoxy) is 1. The van der Waals surface area contributed by atoms with Crippen LogP contribution in [0, 0.1) is 5.92 Å². The van der Waals surface area contributed by atoms with Gasteiger partial charge in [-0.2, -0.15) is 0 Å². The van der Waals surface area contributed by atoms with Crippen molar-refractivity contribution in [2.45, 2.75) is 26.7 Å². The average molecular weight is 222 g/mol. The smallest absolute Gasteiger partial charge is 0.357 e. The number of carbonyl (C=O) groups excluding carboxylic acids is 1. The minimum absolute atomic E-state index is 0.268. The molecule has 0 unspecified atom stereocenters. The van der Waals surface area contributed by atoms with Crippen LogP contribution >= 0.6 is 0 Å². The predicted molar refractivity (Wildman–Crippen MR) is 63.0 cm³/mol. The molecule has 16 heavy (non-hydrogen) atoms. The lowest BCUT2D eigenvalue weighted by molar-refractivity contribution is 0.0488. The Morgan fingerprint density at radius 3 is 2.88 bits per heavy atom. The molecule has 4 nitrogen and oxygen atoms in total. The van der Waals surface area contributed by atoms with E-state index in [1.165, 1.54) is 0 Å². The highest BCUT2D eigenvalue weighted by Crippen LogP contribution is 2.06. The number of aromatic nitrogens is 1. The highest BCUT2D eigenvalue weighted by Gasteiger charge is 2.08. The van der Waals surface area contributed by atoms with Crippen LogP contribution in [0.1, 0.15) is 37.2 Å². The summed E-state index contributed by atoms with van der Waals surface area (Å²) in [4.78, 5) is 15.4. The van der Waals surface area contributed by atoms with Gasteiger partial charge < -0.3 is 10.5 Å². The van der Waals surface area contributed by atoms with Crippen molar-refractivity contribution in [3.05, 3.63) is 23.9 Å². The number of hydrogen-bond donors (Lipinski definition) is 1. The van der Waals surface area contributed by atoms with Crippen LogP contribution in [0.3, 0.4) is 0 Å². The molecule has 1 aromatic heterocycles. The molecule has 0 spiro atoms. The first-order valence-electron chi connectivity index (χ1n) is 5.49. The van der Waals surface area contributed by atoms with Gasteiger partial charge in [-0.05, 0) is 30.9 Å². The molecule has 0 bridgehead atoms. The molecule has 0 aromatic carbocycles. The molecule has 1 heterocycles. The Kier molecular flexibility index (Phi) is 4.76. The standard InChI is InChI=1S/C12H18N2O2/c1-9(2)5-4-8-16-12(15)10-6-3-7-11(13)14-10/h3,6-7,9H,4-5,8H2,1-2H3,(H2,13,14). The number of hydrogen-bond acceptors (Lipinski definition) is 4. The van der Waals surface area contributed by atoms with Crippen LogP contribution in [0.2, 0.25) is 0 Å². The van der Waals surface area contributed by atoms with Gasteiger partial charge in [-0.1, -0.05) is 19.9 Å². The Balaban J connectivity index is 2.35. The van der Waals surface area contributed by atoms with E-state index in [0.717, 1.165) is 12.8 Å². The van der Waals surface area contributed by atoms with Gasteiger partial charge in [0.05, 0.1) is 6.61 Å². The second-order valence-electron chi connectivity index (χ2n) is 4.12. The van der Waals surface area contributed by atoms with Gasteiger partial charge in [-0.3, -0.25) is 0 Å². The summed E-state index contributed by atoms with van der Waals surface area (Å²) in [6.45, 7) is 4.72. The van der Waals surface area contributed by atoms with E-state index in [9.17, 15) is 4.79 Å². The normalized spacial score (nSPS) is 10.4. The Bertz CT molecular complexity index is 351. The minimum Gasteiger partial charge on any atom is -0.461 e. The fraction of sp³-hybridized carbons (Fsp3) is 0.500. The van der Waals surface area contributed by atoms with Crippen molar-refractivity contribution in [2.75, 3.05) is 12.3 Å². The number of pyridine rings is 1. The lowest BCUT2D eigenvalue weighted by Gasteiger charge is -2.06. The Morgan fingerprint density at radius 1 is 1.50 bits per heavy atom. The lowest BCUT2D eigenvalue weighted by Crippen LogP contribution is -2.09. The molecule has 0 saturated carbocycles. The molecular formula is C12H18N2O2. The van der Waals surface area contributed by atoms with Crippen molar-refractivity contribution in [3.8, 4) is 0 Å². The van der Waals surface area contributed by atoms with Crippen LogP contribution in [-0.4, -0.2) is 17.6 Å². The van der Waals surface area contributed by atoms with Crippen LogP contribution in [-0.2, 0) is 4.74 Å². The predicted octanol–water partition coefficient (Wildman–Crippen LogP) is 2.26. The molecule has 0 radical (unpaired) electrons. The summed E-state index contributed by atoms with van der Waals surface area (Å²) in [5, 5.41) is 0. The van der Waals surface area contributed by atoms with Gasteiger partial charge in [-0.15, -0.1) is 0 Å². The van der Waals surface area contributed by atoms with Gasteiger partial charge in [-0.25, -0.2) is 9.78 Å². The number of nitrogens with zero attached hydrogens (tertiary/aromatic N) is 1. The number of esters is 1. The first-order chi connectivity index (χ1) is 7.59. The van der Waals surface area contributed by atoms with Crippen molar-refractivity contribution in [1.29, 1.82) is 0 Å². The summed E-state index contributed by atoms with van der Waals surface area (Å²) in [6, 6.07) is 4.92. The van der Waals surface area contributed by atoms with E-state index in [1.807, 2.05) is 0 Å². The van der Waals surface area contributed by atoms with E-state index in [-0.39, 0.29) is 5.69 Å². The highest BCUT2D eigenvalue weighted by atomic mass is 16.5. The summed E-state index contributed by atoms with van der Waals surface area (Å²) in [7, 11) is 0. The molecule has 0 aliphatic carbocycles. The Hall–Kier alpha value is -1.58. The van der Waals surface area contributed by atoms with Crippen LogP contribution < -0.4 is 5.73 Å². The van der Waals surface area contributed by atoms with Crippen molar-refractivity contribution < 1.29 is 9.53 Å². The molecule has 0 aliphatic rings. The topological polar surface area (TPSA) is 65.2 Å². The first-order valence-corrected chi connectivity index (χ1v) is 5.49. The summed E-state index contributed by atoms with van der Waals surface area (Å²) in [5.74, 6) is 0.553. The first kappa shape index (κ1) is 12.5. The molecule has 0 saturated heterocycles. The minimum atomic E-state index is -0.406. The molecule has 0 amide bonds. The van der Waals surface area contributed by atoms with Gasteiger partial charge in [0.15, 0.2) is 5.69 Å². The van der Waals surface area contributed by atoms with Crippen LogP contribution in [0.4, 0.5) is 5.82 Å². The van der Waals surface area contributed by atoms with Crippen LogP contribution in [0.15, 0.2) is 18.2 Å². The average Bonchev–Trinajstić information content (AvgIpc) is 2.24. The maximum absolute atomic E-state index is 11.5. The Labute approximate surface area is 95.8 Å². The van der Waals surface area contributed by atoms with Gasteiger partial charge in [0.2, 0.25) is 0 Å². The summed E-state index contributed by atoms with van der Waals surface area (Å²) >= 11 is 0. The summed E-state index contributed by atoms with van der Waals surface area (Å²) < 4.78 is 5.08. The largest absolute Gasteiger partial charge is 0.461 e. The maximum atomic E-state index is 11.5. The molecular weight excluding hydrogens is 204 g/mol. The zero-order valence-electron chi connectivity index (χ0n) is 9.77. The van der Waals surface area contributed by atoms with Crippen LogP contribution in [0.25, 0.3) is 0 Å². The van der Waals surface area contributed by atoms with E-state index in [4.69, 9.17) is 10.5 Å². The van der Waals surface area contributed by atoms with E-state index in [2.05, 4.69) is 18.8 Å². The van der Waals surface area contributed by atoms with E-state index in [0.29, 0.717) is 18.3 Å². The number of nitrogen functional groups attached to an aromatic ring is 1. The number of nitrogens with two attached hydrogens (primary N) is 1. The van der Waals surface area contributed by atoms with Crippen molar-refractivity contribution in [1.82, 2.24) is 4.98 Å². The van der Waals surface area contributed by atoms with Crippen molar-refractivity contribution >= 4 is 11.8 Å². The third-order valence-electron chi connectivity index (χ3n) is 2.14. The van der Waals surface area contributed by atoms with Gasteiger partial charge in [0.25, 0.3) is 0 Å². The zero-order chi connectivity index (χ0) is 12.0. The molecule has 1 aromatic rings. The SMILES string of the molecule is CC(C)CCCOC(=O)c1cccc(N)n1. The number of carbonyl (C=O) groups is 1. The van der Waals surface area contributed by atoms with Gasteiger partial charge >= 0.3 is 5.97 Å². The third kappa shape index (κ3) is 4.29. The van der Waals surface area contributed by atoms with Gasteiger partial charge in [0, 0.05) is 0 Å². The van der Waals surface area contributed by atoms with E-state index in [1.54, 1.807) is 18.2 Å². The zero-order valence-corrected chi connectivity index (χ0v) is 9.77. The molecule has 2 N–H and O–H groups in total. The monoisotopic (exact) mass is 222 g/mol. The van der Waals surface area contributed by atoms with Crippen molar-refractivity contribution in [2.24, 2.45) is 5.92 Å². The quantitative estimate of drug-likeness (QED) is 0.613. The molecule has 1 rings (SSSR count). The number of anilines is 1. The lowest BCUT2D eigenvalue weighted by atomic mass is 10.1. The molecule has 88 valence electrons. The molecule has 4 heteroatoms.